The SMILES string of the molecule is N#Cc1ccc(NC(=O)[C@@H]2CCCCN2)cc1C(F)(F)F. The lowest BCUT2D eigenvalue weighted by atomic mass is 10.0. The van der Waals surface area contributed by atoms with Crippen molar-refractivity contribution < 1.29 is 18.0 Å². The van der Waals surface area contributed by atoms with Gasteiger partial charge in [-0.1, -0.05) is 6.42 Å². The van der Waals surface area contributed by atoms with Crippen LogP contribution in [0.2, 0.25) is 0 Å². The van der Waals surface area contributed by atoms with Crippen LogP contribution < -0.4 is 10.6 Å². The topological polar surface area (TPSA) is 64.9 Å². The third kappa shape index (κ3) is 3.73. The smallest absolute Gasteiger partial charge is 0.325 e. The van der Waals surface area contributed by atoms with E-state index in [0.29, 0.717) is 6.42 Å². The number of hydrogen-bond acceptors (Lipinski definition) is 3. The fraction of sp³-hybridized carbons (Fsp3) is 0.429. The molecule has 1 aliphatic heterocycles. The monoisotopic (exact) mass is 297 g/mol. The quantitative estimate of drug-likeness (QED) is 0.882. The Kier molecular flexibility index (Phi) is 4.48. The number of nitrogens with one attached hydrogen (secondary N) is 2. The van der Waals surface area contributed by atoms with Crippen LogP contribution in [0.1, 0.15) is 30.4 Å². The van der Waals surface area contributed by atoms with Gasteiger partial charge in [0.2, 0.25) is 5.91 Å². The molecule has 0 aliphatic carbocycles. The number of nitriles is 1. The zero-order chi connectivity index (χ0) is 15.5. The first-order valence-corrected chi connectivity index (χ1v) is 6.57. The van der Waals surface area contributed by atoms with E-state index in [2.05, 4.69) is 10.6 Å². The van der Waals surface area contributed by atoms with E-state index in [0.717, 1.165) is 31.5 Å². The highest BCUT2D eigenvalue weighted by Gasteiger charge is 2.34. The number of amides is 1. The van der Waals surface area contributed by atoms with E-state index >= 15 is 0 Å². The van der Waals surface area contributed by atoms with Gasteiger partial charge in [-0.2, -0.15) is 18.4 Å². The van der Waals surface area contributed by atoms with Crippen LogP contribution in [0.25, 0.3) is 0 Å². The molecular formula is C14H14F3N3O. The van der Waals surface area contributed by atoms with Gasteiger partial charge in [0, 0.05) is 5.69 Å². The number of benzene rings is 1. The van der Waals surface area contributed by atoms with Gasteiger partial charge in [-0.05, 0) is 37.6 Å². The van der Waals surface area contributed by atoms with E-state index in [1.54, 1.807) is 0 Å². The van der Waals surface area contributed by atoms with Crippen molar-refractivity contribution in [2.24, 2.45) is 0 Å². The van der Waals surface area contributed by atoms with Crippen LogP contribution in [0.3, 0.4) is 0 Å². The number of halogens is 3. The van der Waals surface area contributed by atoms with Gasteiger partial charge in [0.15, 0.2) is 0 Å². The van der Waals surface area contributed by atoms with Crippen LogP contribution in [-0.4, -0.2) is 18.5 Å². The Morgan fingerprint density at radius 3 is 2.71 bits per heavy atom. The van der Waals surface area contributed by atoms with E-state index in [1.807, 2.05) is 0 Å². The van der Waals surface area contributed by atoms with E-state index in [4.69, 9.17) is 5.26 Å². The van der Waals surface area contributed by atoms with Crippen molar-refractivity contribution >= 4 is 11.6 Å². The van der Waals surface area contributed by atoms with Gasteiger partial charge in [0.25, 0.3) is 0 Å². The normalized spacial score (nSPS) is 18.9. The van der Waals surface area contributed by atoms with Crippen molar-refractivity contribution in [1.82, 2.24) is 5.32 Å². The first-order chi connectivity index (χ1) is 9.91. The third-order valence-electron chi connectivity index (χ3n) is 3.34. The van der Waals surface area contributed by atoms with E-state index in [-0.39, 0.29) is 17.6 Å². The number of hydrogen-bond donors (Lipinski definition) is 2. The summed E-state index contributed by atoms with van der Waals surface area (Å²) in [6, 6.07) is 4.27. The van der Waals surface area contributed by atoms with Gasteiger partial charge in [-0.15, -0.1) is 0 Å². The molecule has 0 unspecified atom stereocenters. The minimum atomic E-state index is -4.63. The summed E-state index contributed by atoms with van der Waals surface area (Å²) in [5, 5.41) is 14.2. The van der Waals surface area contributed by atoms with Gasteiger partial charge in [-0.25, -0.2) is 0 Å². The lowest BCUT2D eigenvalue weighted by Gasteiger charge is -2.22. The third-order valence-corrected chi connectivity index (χ3v) is 3.34. The first kappa shape index (κ1) is 15.3. The second-order valence-corrected chi connectivity index (χ2v) is 4.86. The summed E-state index contributed by atoms with van der Waals surface area (Å²) in [6.07, 6.45) is -2.08. The standard InChI is InChI=1S/C14H14F3N3O/c15-14(16,17)11-7-10(5-4-9(11)8-18)20-13(21)12-3-1-2-6-19-12/h4-5,7,12,19H,1-3,6H2,(H,20,21)/t12-/m0/s1. The fourth-order valence-electron chi connectivity index (χ4n) is 2.26. The fourth-order valence-corrected chi connectivity index (χ4v) is 2.26. The van der Waals surface area contributed by atoms with E-state index < -0.39 is 17.3 Å². The zero-order valence-electron chi connectivity index (χ0n) is 11.1. The second-order valence-electron chi connectivity index (χ2n) is 4.86. The average Bonchev–Trinajstić information content (AvgIpc) is 2.47. The molecule has 0 spiro atoms. The summed E-state index contributed by atoms with van der Waals surface area (Å²) in [4.78, 5) is 12.0. The van der Waals surface area contributed by atoms with Gasteiger partial charge >= 0.3 is 6.18 Å². The van der Waals surface area contributed by atoms with Gasteiger partial charge < -0.3 is 10.6 Å². The zero-order valence-corrected chi connectivity index (χ0v) is 11.1. The highest BCUT2D eigenvalue weighted by atomic mass is 19.4. The summed E-state index contributed by atoms with van der Waals surface area (Å²) in [5.41, 5.74) is -1.46. The van der Waals surface area contributed by atoms with Crippen LogP contribution in [0.4, 0.5) is 18.9 Å². The largest absolute Gasteiger partial charge is 0.417 e. The van der Waals surface area contributed by atoms with Gasteiger partial charge in [0.1, 0.15) is 0 Å². The van der Waals surface area contributed by atoms with E-state index in [9.17, 15) is 18.0 Å². The lowest BCUT2D eigenvalue weighted by Crippen LogP contribution is -2.43. The molecule has 1 aromatic rings. The van der Waals surface area contributed by atoms with Crippen molar-refractivity contribution in [2.75, 3.05) is 11.9 Å². The Labute approximate surface area is 119 Å². The molecule has 2 N–H and O–H groups in total. The van der Waals surface area contributed by atoms with Crippen molar-refractivity contribution in [3.05, 3.63) is 29.3 Å². The molecule has 1 aliphatic rings. The number of carbonyl (C=O) groups excluding carboxylic acids is 1. The number of alkyl halides is 3. The minimum Gasteiger partial charge on any atom is -0.325 e. The number of carbonyl (C=O) groups is 1. The molecule has 7 heteroatoms. The number of anilines is 1. The number of nitrogens with zero attached hydrogens (tertiary/aromatic N) is 1. The molecule has 0 bridgehead atoms. The molecule has 0 aromatic heterocycles. The average molecular weight is 297 g/mol. The Morgan fingerprint density at radius 1 is 1.38 bits per heavy atom. The molecule has 112 valence electrons. The maximum Gasteiger partial charge on any atom is 0.417 e. The lowest BCUT2D eigenvalue weighted by molar-refractivity contribution is -0.137. The van der Waals surface area contributed by atoms with E-state index in [1.165, 1.54) is 12.1 Å². The predicted octanol–water partition coefficient (Wildman–Crippen LogP) is 2.66. The van der Waals surface area contributed by atoms with Gasteiger partial charge in [0.05, 0.1) is 23.2 Å². The van der Waals surface area contributed by atoms with Crippen LogP contribution in [0.15, 0.2) is 18.2 Å². The van der Waals surface area contributed by atoms with Crippen molar-refractivity contribution in [3.8, 4) is 6.07 Å². The predicted molar refractivity (Wildman–Crippen MR) is 70.4 cm³/mol. The van der Waals surface area contributed by atoms with Crippen LogP contribution >= 0.6 is 0 Å². The highest BCUT2D eigenvalue weighted by molar-refractivity contribution is 5.95. The van der Waals surface area contributed by atoms with Crippen molar-refractivity contribution in [2.45, 2.75) is 31.5 Å². The maximum absolute atomic E-state index is 12.8. The van der Waals surface area contributed by atoms with Crippen molar-refractivity contribution in [3.63, 3.8) is 0 Å². The molecule has 4 nitrogen and oxygen atoms in total. The summed E-state index contributed by atoms with van der Waals surface area (Å²) in [6.45, 7) is 0.721. The molecule has 2 rings (SSSR count). The molecule has 1 heterocycles. The first-order valence-electron chi connectivity index (χ1n) is 6.57. The Bertz CT molecular complexity index is 572. The molecule has 1 atom stereocenters. The summed E-state index contributed by atoms with van der Waals surface area (Å²) in [5.74, 6) is -0.354. The Hall–Kier alpha value is -2.07. The molecule has 0 radical (unpaired) electrons. The molecule has 1 saturated heterocycles. The molecule has 1 fully saturated rings. The summed E-state index contributed by atoms with van der Waals surface area (Å²) >= 11 is 0. The molecule has 0 saturated carbocycles. The van der Waals surface area contributed by atoms with Crippen LogP contribution in [-0.2, 0) is 11.0 Å². The molecular weight excluding hydrogens is 283 g/mol. The van der Waals surface area contributed by atoms with Gasteiger partial charge in [-0.3, -0.25) is 4.79 Å². The molecule has 1 aromatic carbocycles. The van der Waals surface area contributed by atoms with Crippen LogP contribution in [0.5, 0.6) is 0 Å². The Morgan fingerprint density at radius 2 is 2.14 bits per heavy atom. The Balaban J connectivity index is 2.17. The van der Waals surface area contributed by atoms with Crippen LogP contribution in [0, 0.1) is 11.3 Å². The minimum absolute atomic E-state index is 0.0405. The maximum atomic E-state index is 12.8. The second kappa shape index (κ2) is 6.14. The van der Waals surface area contributed by atoms with Crippen molar-refractivity contribution in [1.29, 1.82) is 5.26 Å². The highest BCUT2D eigenvalue weighted by Crippen LogP contribution is 2.33. The number of rotatable bonds is 2. The summed E-state index contributed by atoms with van der Waals surface area (Å²) in [7, 11) is 0. The molecule has 1 amide bonds. The molecule has 21 heavy (non-hydrogen) atoms. The number of piperidine rings is 1. The summed E-state index contributed by atoms with van der Waals surface area (Å²) < 4.78 is 38.5.